The molecule has 0 aliphatic rings. The zero-order valence-corrected chi connectivity index (χ0v) is 10.7. The lowest BCUT2D eigenvalue weighted by Crippen LogP contribution is -2.24. The molecule has 1 rings (SSSR count). The fraction of sp³-hybridized carbons (Fsp3) is 0.333. The van der Waals surface area contributed by atoms with Gasteiger partial charge < -0.3 is 0 Å². The highest BCUT2D eigenvalue weighted by molar-refractivity contribution is 7.78. The molecule has 4 heteroatoms. The topological polar surface area (TPSA) is 29.4 Å². The molecule has 2 nitrogen and oxygen atoms in total. The quantitative estimate of drug-likeness (QED) is 0.466. The molecular formula is C12H12ClNOS. The summed E-state index contributed by atoms with van der Waals surface area (Å²) in [5, 5.41) is 2.88. The van der Waals surface area contributed by atoms with Crippen LogP contribution in [0.15, 0.2) is 29.3 Å². The molecule has 0 heterocycles. The summed E-state index contributed by atoms with van der Waals surface area (Å²) in [6.45, 7) is 3.85. The average molecular weight is 254 g/mol. The van der Waals surface area contributed by atoms with Crippen molar-refractivity contribution in [3.63, 3.8) is 0 Å². The second-order valence-electron chi connectivity index (χ2n) is 3.78. The van der Waals surface area contributed by atoms with Crippen LogP contribution in [-0.4, -0.2) is 17.0 Å². The summed E-state index contributed by atoms with van der Waals surface area (Å²) in [5.41, 5.74) is 0.595. The van der Waals surface area contributed by atoms with Crippen LogP contribution in [0, 0.1) is 5.92 Å². The Kier molecular flexibility index (Phi) is 4.81. The van der Waals surface area contributed by atoms with Gasteiger partial charge >= 0.3 is 0 Å². The third-order valence-corrected chi connectivity index (χ3v) is 2.58. The Morgan fingerprint density at radius 2 is 1.94 bits per heavy atom. The van der Waals surface area contributed by atoms with E-state index < -0.39 is 6.04 Å². The molecule has 1 aromatic rings. The first-order valence-electron chi connectivity index (χ1n) is 4.93. The predicted molar refractivity (Wildman–Crippen MR) is 69.4 cm³/mol. The normalized spacial score (nSPS) is 12.0. The number of isothiocyanates is 1. The fourth-order valence-corrected chi connectivity index (χ4v) is 1.59. The Morgan fingerprint density at radius 1 is 1.38 bits per heavy atom. The molecule has 0 spiro atoms. The number of Topliss-reactive ketones (excluding diaryl/α,β-unsaturated/α-hetero) is 1. The molecule has 0 aliphatic heterocycles. The summed E-state index contributed by atoms with van der Waals surface area (Å²) in [4.78, 5) is 16.0. The van der Waals surface area contributed by atoms with Crippen molar-refractivity contribution in [3.8, 4) is 0 Å². The number of carbonyl (C=O) groups is 1. The first-order valence-corrected chi connectivity index (χ1v) is 5.71. The zero-order valence-electron chi connectivity index (χ0n) is 9.11. The van der Waals surface area contributed by atoms with Crippen molar-refractivity contribution < 1.29 is 4.79 Å². The summed E-state index contributed by atoms with van der Waals surface area (Å²) in [5.74, 6) is 0.0441. The molecule has 84 valence electrons. The van der Waals surface area contributed by atoms with Crippen molar-refractivity contribution in [2.45, 2.75) is 19.9 Å². The third kappa shape index (κ3) is 3.24. The van der Waals surface area contributed by atoms with Gasteiger partial charge in [-0.1, -0.05) is 25.4 Å². The summed E-state index contributed by atoms with van der Waals surface area (Å²) >= 11 is 10.3. The van der Waals surface area contributed by atoms with Crippen LogP contribution in [0.3, 0.4) is 0 Å². The van der Waals surface area contributed by atoms with E-state index in [0.29, 0.717) is 10.6 Å². The van der Waals surface area contributed by atoms with Gasteiger partial charge in [-0.15, -0.1) is 0 Å². The van der Waals surface area contributed by atoms with Gasteiger partial charge in [0.05, 0.1) is 5.16 Å². The van der Waals surface area contributed by atoms with Gasteiger partial charge in [0.2, 0.25) is 0 Å². The van der Waals surface area contributed by atoms with E-state index in [9.17, 15) is 4.79 Å². The maximum absolute atomic E-state index is 12.1. The molecule has 1 atom stereocenters. The average Bonchev–Trinajstić information content (AvgIpc) is 2.25. The van der Waals surface area contributed by atoms with Gasteiger partial charge in [-0.25, -0.2) is 4.99 Å². The largest absolute Gasteiger partial charge is 0.292 e. The third-order valence-electron chi connectivity index (χ3n) is 2.22. The maximum atomic E-state index is 12.1. The van der Waals surface area contributed by atoms with Crippen molar-refractivity contribution in [1.82, 2.24) is 0 Å². The number of rotatable bonds is 4. The summed E-state index contributed by atoms with van der Waals surface area (Å²) in [6.07, 6.45) is 0. The minimum Gasteiger partial charge on any atom is -0.292 e. The summed E-state index contributed by atoms with van der Waals surface area (Å²) in [7, 11) is 0. The molecule has 0 saturated heterocycles. The number of benzene rings is 1. The van der Waals surface area contributed by atoms with E-state index in [4.69, 9.17) is 11.6 Å². The van der Waals surface area contributed by atoms with Crippen LogP contribution in [0.25, 0.3) is 0 Å². The fourth-order valence-electron chi connectivity index (χ4n) is 1.35. The van der Waals surface area contributed by atoms with Crippen molar-refractivity contribution in [3.05, 3.63) is 34.9 Å². The molecule has 0 aliphatic carbocycles. The van der Waals surface area contributed by atoms with Gasteiger partial charge in [0.25, 0.3) is 0 Å². The van der Waals surface area contributed by atoms with Crippen LogP contribution in [0.1, 0.15) is 24.2 Å². The molecule has 0 aromatic heterocycles. The van der Waals surface area contributed by atoms with E-state index in [-0.39, 0.29) is 11.7 Å². The molecule has 0 bridgehead atoms. The first-order chi connectivity index (χ1) is 7.56. The Hall–Kier alpha value is -1.02. The van der Waals surface area contributed by atoms with E-state index >= 15 is 0 Å². The Bertz CT molecular complexity index is 421. The van der Waals surface area contributed by atoms with Gasteiger partial charge in [-0.3, -0.25) is 4.79 Å². The molecular weight excluding hydrogens is 242 g/mol. The van der Waals surface area contributed by atoms with Gasteiger partial charge in [-0.2, -0.15) is 0 Å². The van der Waals surface area contributed by atoms with Crippen LogP contribution in [0.5, 0.6) is 0 Å². The van der Waals surface area contributed by atoms with Crippen LogP contribution < -0.4 is 0 Å². The second kappa shape index (κ2) is 5.90. The van der Waals surface area contributed by atoms with E-state index in [1.54, 1.807) is 24.3 Å². The number of halogens is 1. The summed E-state index contributed by atoms with van der Waals surface area (Å²) in [6, 6.07) is 6.30. The predicted octanol–water partition coefficient (Wildman–Crippen LogP) is 3.65. The lowest BCUT2D eigenvalue weighted by Gasteiger charge is -2.13. The highest BCUT2D eigenvalue weighted by Gasteiger charge is 2.22. The standard InChI is InChI=1S/C12H12ClNOS/c1-8(2)11(14-7-16)12(15)9-3-5-10(13)6-4-9/h3-6,8,11H,1-2H3. The Balaban J connectivity index is 2.99. The van der Waals surface area contributed by atoms with Gasteiger partial charge in [0.15, 0.2) is 5.78 Å². The minimum absolute atomic E-state index is 0.0518. The highest BCUT2D eigenvalue weighted by Crippen LogP contribution is 2.16. The van der Waals surface area contributed by atoms with Crippen molar-refractivity contribution in [1.29, 1.82) is 0 Å². The van der Waals surface area contributed by atoms with E-state index in [1.807, 2.05) is 13.8 Å². The molecule has 1 aromatic carbocycles. The molecule has 0 N–H and O–H groups in total. The number of aliphatic imine (C=N–C) groups is 1. The van der Waals surface area contributed by atoms with E-state index in [1.165, 1.54) is 0 Å². The van der Waals surface area contributed by atoms with Gasteiger partial charge in [-0.05, 0) is 42.4 Å². The van der Waals surface area contributed by atoms with Crippen molar-refractivity contribution in [2.24, 2.45) is 10.9 Å². The number of thiocarbonyl (C=S) groups is 1. The lowest BCUT2D eigenvalue weighted by molar-refractivity contribution is 0.0942. The number of nitrogens with zero attached hydrogens (tertiary/aromatic N) is 1. The molecule has 1 unspecified atom stereocenters. The Labute approximate surface area is 105 Å². The van der Waals surface area contributed by atoms with Gasteiger partial charge in [0.1, 0.15) is 6.04 Å². The lowest BCUT2D eigenvalue weighted by atomic mass is 9.96. The maximum Gasteiger partial charge on any atom is 0.188 e. The number of hydrogen-bond donors (Lipinski definition) is 0. The molecule has 16 heavy (non-hydrogen) atoms. The molecule has 0 radical (unpaired) electrons. The smallest absolute Gasteiger partial charge is 0.188 e. The minimum atomic E-state index is -0.460. The van der Waals surface area contributed by atoms with Crippen LogP contribution in [0.4, 0.5) is 0 Å². The van der Waals surface area contributed by atoms with Crippen LogP contribution >= 0.6 is 23.8 Å². The molecule has 0 fully saturated rings. The number of carbonyl (C=O) groups excluding carboxylic acids is 1. The van der Waals surface area contributed by atoms with Crippen molar-refractivity contribution >= 4 is 34.8 Å². The van der Waals surface area contributed by atoms with E-state index in [2.05, 4.69) is 22.4 Å². The summed E-state index contributed by atoms with van der Waals surface area (Å²) < 4.78 is 0. The highest BCUT2D eigenvalue weighted by atomic mass is 35.5. The zero-order chi connectivity index (χ0) is 12.1. The van der Waals surface area contributed by atoms with Gasteiger partial charge in [0, 0.05) is 10.6 Å². The number of hydrogen-bond acceptors (Lipinski definition) is 3. The Morgan fingerprint density at radius 3 is 2.38 bits per heavy atom. The first kappa shape index (κ1) is 13.0. The number of ketones is 1. The van der Waals surface area contributed by atoms with Crippen LogP contribution in [-0.2, 0) is 0 Å². The molecule has 0 amide bonds. The second-order valence-corrected chi connectivity index (χ2v) is 4.40. The monoisotopic (exact) mass is 253 g/mol. The SMILES string of the molecule is CC(C)C(N=C=S)C(=O)c1ccc(Cl)cc1. The molecule has 0 saturated carbocycles. The van der Waals surface area contributed by atoms with Crippen molar-refractivity contribution in [2.75, 3.05) is 0 Å². The van der Waals surface area contributed by atoms with E-state index in [0.717, 1.165) is 0 Å². The van der Waals surface area contributed by atoms with Crippen LogP contribution in [0.2, 0.25) is 5.02 Å².